The molecule has 1 unspecified atom stereocenters. The van der Waals surface area contributed by atoms with Gasteiger partial charge in [0.05, 0.1) is 10.2 Å². The van der Waals surface area contributed by atoms with Crippen molar-refractivity contribution in [2.24, 2.45) is 0 Å². The minimum Gasteiger partial charge on any atom is -0.444 e. The fourth-order valence-corrected chi connectivity index (χ4v) is 3.78. The average Bonchev–Trinajstić information content (AvgIpc) is 2.94. The van der Waals surface area contributed by atoms with E-state index in [-0.39, 0.29) is 16.6 Å². The molecule has 6 nitrogen and oxygen atoms in total. The van der Waals surface area contributed by atoms with Crippen LogP contribution < -0.4 is 5.32 Å². The number of nitrogens with one attached hydrogen (secondary N) is 1. The van der Waals surface area contributed by atoms with Crippen molar-refractivity contribution in [2.45, 2.75) is 51.7 Å². The predicted octanol–water partition coefficient (Wildman–Crippen LogP) is 4.30. The normalized spacial score (nSPS) is 17.8. The Kier molecular flexibility index (Phi) is 5.32. The fourth-order valence-electron chi connectivity index (χ4n) is 2.91. The van der Waals surface area contributed by atoms with Crippen molar-refractivity contribution in [3.8, 4) is 0 Å². The molecule has 1 saturated heterocycles. The highest BCUT2D eigenvalue weighted by atomic mass is 32.1. The molecule has 0 spiro atoms. The molecule has 0 radical (unpaired) electrons. The third kappa shape index (κ3) is 4.52. The number of benzene rings is 1. The molecule has 0 bridgehead atoms. The van der Waals surface area contributed by atoms with Gasteiger partial charge in [0, 0.05) is 12.6 Å². The Hall–Kier alpha value is -2.29. The Bertz CT molecular complexity index is 840. The number of thiazole rings is 1. The molecule has 1 aromatic carbocycles. The Morgan fingerprint density at radius 2 is 1.96 bits per heavy atom. The molecular formula is C18H21F2N3O3S. The largest absolute Gasteiger partial charge is 0.444 e. The van der Waals surface area contributed by atoms with Crippen molar-refractivity contribution in [1.29, 1.82) is 0 Å². The quantitative estimate of drug-likeness (QED) is 0.820. The minimum absolute atomic E-state index is 0.231. The lowest BCUT2D eigenvalue weighted by Gasteiger charge is -2.35. The first kappa shape index (κ1) is 19.5. The van der Waals surface area contributed by atoms with Crippen LogP contribution in [-0.2, 0) is 9.53 Å². The lowest BCUT2D eigenvalue weighted by atomic mass is 10.0. The van der Waals surface area contributed by atoms with Crippen LogP contribution in [0, 0.1) is 11.6 Å². The van der Waals surface area contributed by atoms with Gasteiger partial charge in [0.1, 0.15) is 11.6 Å². The number of rotatable bonds is 2. The maximum absolute atomic E-state index is 13.3. The third-order valence-corrected chi connectivity index (χ3v) is 5.03. The van der Waals surface area contributed by atoms with Gasteiger partial charge in [0.2, 0.25) is 5.91 Å². The Labute approximate surface area is 159 Å². The zero-order valence-corrected chi connectivity index (χ0v) is 16.2. The third-order valence-electron chi connectivity index (χ3n) is 4.09. The number of nitrogens with zero attached hydrogens (tertiary/aromatic N) is 2. The number of likely N-dealkylation sites (tertiary alicyclic amines) is 1. The Balaban J connectivity index is 1.76. The lowest BCUT2D eigenvalue weighted by molar-refractivity contribution is -0.122. The smallest absolute Gasteiger partial charge is 0.410 e. The maximum Gasteiger partial charge on any atom is 0.410 e. The highest BCUT2D eigenvalue weighted by Crippen LogP contribution is 2.29. The number of aromatic nitrogens is 1. The van der Waals surface area contributed by atoms with Crippen molar-refractivity contribution in [2.75, 3.05) is 11.9 Å². The first-order chi connectivity index (χ1) is 12.6. The number of halogens is 2. The zero-order valence-electron chi connectivity index (χ0n) is 15.3. The first-order valence-corrected chi connectivity index (χ1v) is 9.52. The predicted molar refractivity (Wildman–Crippen MR) is 98.7 cm³/mol. The van der Waals surface area contributed by atoms with E-state index in [1.165, 1.54) is 4.90 Å². The molecule has 27 heavy (non-hydrogen) atoms. The van der Waals surface area contributed by atoms with Crippen molar-refractivity contribution >= 4 is 38.7 Å². The summed E-state index contributed by atoms with van der Waals surface area (Å²) in [6.07, 6.45) is 1.59. The SMILES string of the molecule is CC(C)(C)OC(=O)N1CCCCC1C(=O)Nc1nc2cc(F)c(F)cc2s1. The second kappa shape index (κ2) is 7.38. The van der Waals surface area contributed by atoms with E-state index in [0.29, 0.717) is 17.7 Å². The molecule has 1 aliphatic rings. The summed E-state index contributed by atoms with van der Waals surface area (Å²) in [4.78, 5) is 30.7. The van der Waals surface area contributed by atoms with E-state index in [1.807, 2.05) is 0 Å². The first-order valence-electron chi connectivity index (χ1n) is 8.70. The molecule has 0 saturated carbocycles. The van der Waals surface area contributed by atoms with Gasteiger partial charge in [-0.25, -0.2) is 18.6 Å². The summed E-state index contributed by atoms with van der Waals surface area (Å²) in [5.74, 6) is -2.35. The molecule has 2 aromatic rings. The van der Waals surface area contributed by atoms with E-state index < -0.39 is 29.4 Å². The Morgan fingerprint density at radius 1 is 1.26 bits per heavy atom. The molecular weight excluding hydrogens is 376 g/mol. The second-order valence-electron chi connectivity index (χ2n) is 7.43. The summed E-state index contributed by atoms with van der Waals surface area (Å²) in [7, 11) is 0. The van der Waals surface area contributed by atoms with Crippen LogP contribution in [0.3, 0.4) is 0 Å². The van der Waals surface area contributed by atoms with E-state index in [2.05, 4.69) is 10.3 Å². The molecule has 146 valence electrons. The molecule has 9 heteroatoms. The number of anilines is 1. The van der Waals surface area contributed by atoms with Crippen LogP contribution >= 0.6 is 11.3 Å². The summed E-state index contributed by atoms with van der Waals surface area (Å²) in [5.41, 5.74) is -0.390. The molecule has 2 heterocycles. The summed E-state index contributed by atoms with van der Waals surface area (Å²) in [5, 5.41) is 2.89. The van der Waals surface area contributed by atoms with E-state index in [4.69, 9.17) is 4.74 Å². The van der Waals surface area contributed by atoms with Crippen molar-refractivity contribution < 1.29 is 23.1 Å². The van der Waals surface area contributed by atoms with Gasteiger partial charge in [0.25, 0.3) is 0 Å². The van der Waals surface area contributed by atoms with Gasteiger partial charge in [-0.1, -0.05) is 11.3 Å². The van der Waals surface area contributed by atoms with Crippen LogP contribution in [0.2, 0.25) is 0 Å². The number of hydrogen-bond acceptors (Lipinski definition) is 5. The molecule has 3 rings (SSSR count). The number of amides is 2. The van der Waals surface area contributed by atoms with Gasteiger partial charge in [-0.15, -0.1) is 0 Å². The average molecular weight is 397 g/mol. The number of piperidine rings is 1. The summed E-state index contributed by atoms with van der Waals surface area (Å²) in [6, 6.07) is 1.37. The van der Waals surface area contributed by atoms with Crippen molar-refractivity contribution in [3.05, 3.63) is 23.8 Å². The molecule has 1 atom stereocenters. The zero-order chi connectivity index (χ0) is 19.8. The number of hydrogen-bond donors (Lipinski definition) is 1. The van der Waals surface area contributed by atoms with Crippen molar-refractivity contribution in [3.63, 3.8) is 0 Å². The fraction of sp³-hybridized carbons (Fsp3) is 0.500. The molecule has 1 fully saturated rings. The van der Waals surface area contributed by atoms with Crippen LogP contribution in [0.25, 0.3) is 10.2 Å². The molecule has 0 aliphatic carbocycles. The van der Waals surface area contributed by atoms with E-state index in [1.54, 1.807) is 20.8 Å². The molecule has 1 aliphatic heterocycles. The molecule has 1 N–H and O–H groups in total. The van der Waals surface area contributed by atoms with E-state index in [9.17, 15) is 18.4 Å². The summed E-state index contributed by atoms with van der Waals surface area (Å²) >= 11 is 1.05. The molecule has 1 aromatic heterocycles. The van der Waals surface area contributed by atoms with Crippen LogP contribution in [0.4, 0.5) is 18.7 Å². The topological polar surface area (TPSA) is 71.5 Å². The van der Waals surface area contributed by atoms with Crippen LogP contribution in [0.1, 0.15) is 40.0 Å². The van der Waals surface area contributed by atoms with Gasteiger partial charge in [-0.05, 0) is 46.1 Å². The van der Waals surface area contributed by atoms with Crippen LogP contribution in [0.5, 0.6) is 0 Å². The summed E-state index contributed by atoms with van der Waals surface area (Å²) in [6.45, 7) is 5.74. The van der Waals surface area contributed by atoms with Crippen LogP contribution in [0.15, 0.2) is 12.1 Å². The highest BCUT2D eigenvalue weighted by molar-refractivity contribution is 7.22. The van der Waals surface area contributed by atoms with Crippen molar-refractivity contribution in [1.82, 2.24) is 9.88 Å². The van der Waals surface area contributed by atoms with Gasteiger partial charge in [-0.2, -0.15) is 0 Å². The number of carbonyl (C=O) groups excluding carboxylic acids is 2. The standard InChI is InChI=1S/C18H21F2N3O3S/c1-18(2,3)26-17(25)23-7-5-4-6-13(23)15(24)22-16-21-12-8-10(19)11(20)9-14(12)27-16/h8-9,13H,4-7H2,1-3H3,(H,21,22,24). The monoisotopic (exact) mass is 397 g/mol. The second-order valence-corrected chi connectivity index (χ2v) is 8.46. The van der Waals surface area contributed by atoms with Gasteiger partial charge in [-0.3, -0.25) is 9.69 Å². The highest BCUT2D eigenvalue weighted by Gasteiger charge is 2.35. The lowest BCUT2D eigenvalue weighted by Crippen LogP contribution is -2.51. The van der Waals surface area contributed by atoms with E-state index in [0.717, 1.165) is 36.3 Å². The molecule has 2 amide bonds. The van der Waals surface area contributed by atoms with Gasteiger partial charge < -0.3 is 10.1 Å². The van der Waals surface area contributed by atoms with Crippen LogP contribution in [-0.4, -0.2) is 40.1 Å². The maximum atomic E-state index is 13.3. The van der Waals surface area contributed by atoms with Gasteiger partial charge in [0.15, 0.2) is 16.8 Å². The van der Waals surface area contributed by atoms with Gasteiger partial charge >= 0.3 is 6.09 Å². The number of carbonyl (C=O) groups is 2. The number of fused-ring (bicyclic) bond motifs is 1. The van der Waals surface area contributed by atoms with E-state index >= 15 is 0 Å². The minimum atomic E-state index is -0.992. The summed E-state index contributed by atoms with van der Waals surface area (Å²) < 4.78 is 32.5. The number of ether oxygens (including phenoxy) is 1. The Morgan fingerprint density at radius 3 is 2.67 bits per heavy atom.